The molecule has 1 saturated heterocycles. The van der Waals surface area contributed by atoms with Crippen LogP contribution in [0.25, 0.3) is 0 Å². The summed E-state index contributed by atoms with van der Waals surface area (Å²) in [7, 11) is 1.51. The minimum absolute atomic E-state index is 0.0895. The van der Waals surface area contributed by atoms with Gasteiger partial charge in [-0.3, -0.25) is 0 Å². The molecule has 0 radical (unpaired) electrons. The van der Waals surface area contributed by atoms with Gasteiger partial charge in [0.25, 0.3) is 0 Å². The summed E-state index contributed by atoms with van der Waals surface area (Å²) in [6, 6.07) is 3.69. The number of benzene rings is 1. The maximum atomic E-state index is 13.3. The van der Waals surface area contributed by atoms with Gasteiger partial charge in [0, 0.05) is 11.6 Å². The predicted octanol–water partition coefficient (Wildman–Crippen LogP) is 0.843. The van der Waals surface area contributed by atoms with Crippen LogP contribution >= 0.6 is 0 Å². The maximum Gasteiger partial charge on any atom is 0.123 e. The lowest BCUT2D eigenvalue weighted by Crippen LogP contribution is -2.52. The normalized spacial score (nSPS) is 19.5. The number of rotatable bonds is 4. The fourth-order valence-corrected chi connectivity index (χ4v) is 2.01. The molecule has 1 aliphatic rings. The third-order valence-electron chi connectivity index (χ3n) is 3.28. The molecule has 94 valence electrons. The monoisotopic (exact) mass is 241 g/mol. The van der Waals surface area contributed by atoms with Crippen LogP contribution in [0.5, 0.6) is 5.75 Å². The van der Waals surface area contributed by atoms with Gasteiger partial charge < -0.3 is 20.3 Å². The smallest absolute Gasteiger partial charge is 0.123 e. The van der Waals surface area contributed by atoms with E-state index >= 15 is 0 Å². The molecular formula is C12H16FNO3. The summed E-state index contributed by atoms with van der Waals surface area (Å²) in [5.41, 5.74) is 6.14. The van der Waals surface area contributed by atoms with E-state index in [-0.39, 0.29) is 12.4 Å². The summed E-state index contributed by atoms with van der Waals surface area (Å²) in [4.78, 5) is 0. The van der Waals surface area contributed by atoms with E-state index in [0.29, 0.717) is 24.5 Å². The fourth-order valence-electron chi connectivity index (χ4n) is 2.01. The van der Waals surface area contributed by atoms with Gasteiger partial charge >= 0.3 is 0 Å². The molecule has 1 unspecified atom stereocenters. The summed E-state index contributed by atoms with van der Waals surface area (Å²) in [6.45, 7) is 0.669. The highest BCUT2D eigenvalue weighted by atomic mass is 19.1. The zero-order valence-corrected chi connectivity index (χ0v) is 9.65. The molecule has 1 fully saturated rings. The first-order valence-corrected chi connectivity index (χ1v) is 5.40. The Morgan fingerprint density at radius 2 is 2.29 bits per heavy atom. The van der Waals surface area contributed by atoms with E-state index in [9.17, 15) is 9.50 Å². The Bertz CT molecular complexity index is 401. The van der Waals surface area contributed by atoms with Gasteiger partial charge in [0.15, 0.2) is 0 Å². The highest BCUT2D eigenvalue weighted by Crippen LogP contribution is 2.41. The van der Waals surface area contributed by atoms with Crippen LogP contribution in [0.3, 0.4) is 0 Å². The third kappa shape index (κ3) is 2.01. The summed E-state index contributed by atoms with van der Waals surface area (Å²) in [5.74, 6) is 0.156. The number of methoxy groups -OCH3 is 1. The molecule has 1 aromatic rings. The molecule has 4 nitrogen and oxygen atoms in total. The number of halogens is 1. The number of nitrogens with two attached hydrogens (primary N) is 1. The van der Waals surface area contributed by atoms with E-state index in [2.05, 4.69) is 0 Å². The second kappa shape index (κ2) is 4.60. The topological polar surface area (TPSA) is 64.7 Å². The van der Waals surface area contributed by atoms with Crippen LogP contribution in [0, 0.1) is 11.2 Å². The molecule has 1 heterocycles. The van der Waals surface area contributed by atoms with Crippen LogP contribution in [0.15, 0.2) is 18.2 Å². The Hall–Kier alpha value is -1.17. The number of hydrogen-bond acceptors (Lipinski definition) is 4. The van der Waals surface area contributed by atoms with Crippen LogP contribution in [-0.2, 0) is 4.74 Å². The van der Waals surface area contributed by atoms with Crippen molar-refractivity contribution in [2.45, 2.75) is 6.04 Å². The van der Waals surface area contributed by atoms with Crippen molar-refractivity contribution < 1.29 is 19.0 Å². The standard InChI is InChI=1S/C12H16FNO3/c1-16-10-3-2-8(13)4-9(10)11(14)12(5-15)6-17-7-12/h2-4,11,15H,5-7,14H2,1H3. The first kappa shape index (κ1) is 12.3. The van der Waals surface area contributed by atoms with Crippen LogP contribution in [0.1, 0.15) is 11.6 Å². The zero-order chi connectivity index (χ0) is 12.5. The van der Waals surface area contributed by atoms with Crippen molar-refractivity contribution in [3.8, 4) is 5.75 Å². The lowest BCUT2D eigenvalue weighted by atomic mass is 9.76. The molecule has 0 amide bonds. The Labute approximate surface area is 99.1 Å². The van der Waals surface area contributed by atoms with Crippen molar-refractivity contribution >= 4 is 0 Å². The molecule has 5 heteroatoms. The van der Waals surface area contributed by atoms with E-state index in [0.717, 1.165) is 0 Å². The molecule has 0 saturated carbocycles. The van der Waals surface area contributed by atoms with E-state index < -0.39 is 11.5 Å². The highest BCUT2D eigenvalue weighted by Gasteiger charge is 2.45. The van der Waals surface area contributed by atoms with Crippen molar-refractivity contribution in [2.24, 2.45) is 11.1 Å². The van der Waals surface area contributed by atoms with Gasteiger partial charge in [-0.05, 0) is 18.2 Å². The third-order valence-corrected chi connectivity index (χ3v) is 3.28. The first-order chi connectivity index (χ1) is 8.13. The zero-order valence-electron chi connectivity index (χ0n) is 9.65. The quantitative estimate of drug-likeness (QED) is 0.820. The molecule has 2 rings (SSSR count). The molecule has 17 heavy (non-hydrogen) atoms. The Morgan fingerprint density at radius 1 is 1.59 bits per heavy atom. The average molecular weight is 241 g/mol. The maximum absolute atomic E-state index is 13.3. The van der Waals surface area contributed by atoms with E-state index in [1.807, 2.05) is 0 Å². The number of ether oxygens (including phenoxy) is 2. The minimum atomic E-state index is -0.527. The second-order valence-corrected chi connectivity index (χ2v) is 4.38. The molecule has 0 spiro atoms. The van der Waals surface area contributed by atoms with Crippen molar-refractivity contribution in [2.75, 3.05) is 26.9 Å². The number of hydrogen-bond donors (Lipinski definition) is 2. The lowest BCUT2D eigenvalue weighted by molar-refractivity contribution is -0.150. The second-order valence-electron chi connectivity index (χ2n) is 4.38. The molecule has 1 aliphatic heterocycles. The van der Waals surface area contributed by atoms with Crippen molar-refractivity contribution in [3.05, 3.63) is 29.6 Å². The largest absolute Gasteiger partial charge is 0.496 e. The van der Waals surface area contributed by atoms with Gasteiger partial charge in [0.1, 0.15) is 11.6 Å². The van der Waals surface area contributed by atoms with Crippen LogP contribution in [0.2, 0.25) is 0 Å². The van der Waals surface area contributed by atoms with E-state index in [1.54, 1.807) is 0 Å². The molecule has 0 bridgehead atoms. The highest BCUT2D eigenvalue weighted by molar-refractivity contribution is 5.38. The van der Waals surface area contributed by atoms with Crippen LogP contribution in [-0.4, -0.2) is 32.0 Å². The minimum Gasteiger partial charge on any atom is -0.496 e. The van der Waals surface area contributed by atoms with Gasteiger partial charge in [-0.25, -0.2) is 4.39 Å². The number of aliphatic hydroxyl groups is 1. The van der Waals surface area contributed by atoms with Gasteiger partial charge in [-0.1, -0.05) is 0 Å². The summed E-state index contributed by atoms with van der Waals surface area (Å²) >= 11 is 0. The van der Waals surface area contributed by atoms with Crippen LogP contribution in [0.4, 0.5) is 4.39 Å². The Kier molecular flexibility index (Phi) is 3.33. The Morgan fingerprint density at radius 3 is 2.76 bits per heavy atom. The molecule has 1 atom stereocenters. The van der Waals surface area contributed by atoms with Crippen molar-refractivity contribution in [3.63, 3.8) is 0 Å². The SMILES string of the molecule is COc1ccc(F)cc1C(N)C1(CO)COC1. The van der Waals surface area contributed by atoms with E-state index in [1.165, 1.54) is 25.3 Å². The summed E-state index contributed by atoms with van der Waals surface area (Å²) in [6.07, 6.45) is 0. The first-order valence-electron chi connectivity index (χ1n) is 5.40. The number of aliphatic hydroxyl groups excluding tert-OH is 1. The van der Waals surface area contributed by atoms with Gasteiger partial charge in [0.2, 0.25) is 0 Å². The average Bonchev–Trinajstić information content (AvgIpc) is 2.28. The Balaban J connectivity index is 2.35. The molecule has 3 N–H and O–H groups in total. The van der Waals surface area contributed by atoms with Gasteiger partial charge in [0.05, 0.1) is 32.3 Å². The van der Waals surface area contributed by atoms with Gasteiger partial charge in [-0.15, -0.1) is 0 Å². The molecule has 0 aliphatic carbocycles. The van der Waals surface area contributed by atoms with Crippen molar-refractivity contribution in [1.29, 1.82) is 0 Å². The molecular weight excluding hydrogens is 225 g/mol. The molecule has 0 aromatic heterocycles. The summed E-state index contributed by atoms with van der Waals surface area (Å²) < 4.78 is 23.5. The van der Waals surface area contributed by atoms with Crippen molar-refractivity contribution in [1.82, 2.24) is 0 Å². The lowest BCUT2D eigenvalue weighted by Gasteiger charge is -2.44. The molecule has 1 aromatic carbocycles. The van der Waals surface area contributed by atoms with E-state index in [4.69, 9.17) is 15.2 Å². The van der Waals surface area contributed by atoms with Crippen LogP contribution < -0.4 is 10.5 Å². The van der Waals surface area contributed by atoms with Gasteiger partial charge in [-0.2, -0.15) is 0 Å². The predicted molar refractivity (Wildman–Crippen MR) is 60.2 cm³/mol. The summed E-state index contributed by atoms with van der Waals surface area (Å²) in [5, 5.41) is 9.41. The fraction of sp³-hybridized carbons (Fsp3) is 0.500.